The number of aromatic nitrogens is 1. The Morgan fingerprint density at radius 1 is 1.44 bits per heavy atom. The predicted molar refractivity (Wildman–Crippen MR) is 114 cm³/mol. The molecule has 0 aliphatic rings. The molecule has 0 radical (unpaired) electrons. The minimum Gasteiger partial charge on any atom is -0.470 e. The summed E-state index contributed by atoms with van der Waals surface area (Å²) in [4.78, 5) is 21.8. The number of hydrogen-bond donors (Lipinski definition) is 1. The maximum Gasteiger partial charge on any atom is 0.272 e. The van der Waals surface area contributed by atoms with Gasteiger partial charge in [-0.2, -0.15) is 0 Å². The van der Waals surface area contributed by atoms with Crippen LogP contribution in [0.3, 0.4) is 0 Å². The van der Waals surface area contributed by atoms with Gasteiger partial charge in [0.2, 0.25) is 5.44 Å². The molecular formula is C19H24BrN3O3S. The number of halogens is 1. The van der Waals surface area contributed by atoms with Crippen molar-refractivity contribution in [2.45, 2.75) is 38.2 Å². The topological polar surface area (TPSA) is 72.8 Å². The number of amides is 1. The van der Waals surface area contributed by atoms with Gasteiger partial charge in [-0.15, -0.1) is 11.8 Å². The number of pyridine rings is 1. The van der Waals surface area contributed by atoms with Crippen LogP contribution in [0.2, 0.25) is 0 Å². The SMILES string of the molecule is CCc1cc(OC(SC)C(=O)NC(C)(C)/C=N/OC)cc2cc(Br)cnc12. The molecule has 0 aliphatic heterocycles. The minimum absolute atomic E-state index is 0.236. The fraction of sp³-hybridized carbons (Fsp3) is 0.421. The Bertz CT molecular complexity index is 842. The molecule has 0 saturated heterocycles. The van der Waals surface area contributed by atoms with Crippen LogP contribution < -0.4 is 10.1 Å². The molecule has 8 heteroatoms. The highest BCUT2D eigenvalue weighted by Crippen LogP contribution is 2.28. The monoisotopic (exact) mass is 453 g/mol. The number of fused-ring (bicyclic) bond motifs is 1. The summed E-state index contributed by atoms with van der Waals surface area (Å²) in [6.45, 7) is 5.73. The third-order valence-electron chi connectivity index (χ3n) is 3.78. The molecule has 146 valence electrons. The molecule has 0 bridgehead atoms. The molecule has 0 fully saturated rings. The van der Waals surface area contributed by atoms with Crippen molar-refractivity contribution < 1.29 is 14.4 Å². The van der Waals surface area contributed by atoms with E-state index in [0.29, 0.717) is 5.75 Å². The molecule has 1 aromatic heterocycles. The molecule has 1 heterocycles. The van der Waals surface area contributed by atoms with Gasteiger partial charge in [0, 0.05) is 16.1 Å². The average molecular weight is 454 g/mol. The molecule has 27 heavy (non-hydrogen) atoms. The fourth-order valence-corrected chi connectivity index (χ4v) is 3.36. The van der Waals surface area contributed by atoms with Crippen LogP contribution in [0.4, 0.5) is 0 Å². The molecule has 0 saturated carbocycles. The molecule has 0 spiro atoms. The van der Waals surface area contributed by atoms with E-state index in [2.05, 4.69) is 43.1 Å². The number of nitrogens with one attached hydrogen (secondary N) is 1. The summed E-state index contributed by atoms with van der Waals surface area (Å²) < 4.78 is 6.89. The van der Waals surface area contributed by atoms with Gasteiger partial charge in [-0.05, 0) is 66.2 Å². The summed E-state index contributed by atoms with van der Waals surface area (Å²) in [6, 6.07) is 5.84. The zero-order valence-corrected chi connectivity index (χ0v) is 18.5. The van der Waals surface area contributed by atoms with Gasteiger partial charge in [0.05, 0.1) is 17.3 Å². The van der Waals surface area contributed by atoms with Crippen molar-refractivity contribution in [3.05, 3.63) is 34.4 Å². The van der Waals surface area contributed by atoms with Crippen LogP contribution in [0.5, 0.6) is 5.75 Å². The van der Waals surface area contributed by atoms with Gasteiger partial charge >= 0.3 is 0 Å². The Morgan fingerprint density at radius 2 is 2.19 bits per heavy atom. The zero-order chi connectivity index (χ0) is 20.0. The molecule has 2 aromatic rings. The first-order valence-corrected chi connectivity index (χ1v) is 10.5. The highest BCUT2D eigenvalue weighted by Gasteiger charge is 2.26. The van der Waals surface area contributed by atoms with E-state index >= 15 is 0 Å². The molecular weight excluding hydrogens is 430 g/mol. The van der Waals surface area contributed by atoms with Gasteiger partial charge in [-0.1, -0.05) is 12.1 Å². The van der Waals surface area contributed by atoms with E-state index in [4.69, 9.17) is 4.74 Å². The molecule has 0 aliphatic carbocycles. The quantitative estimate of drug-likeness (QED) is 0.369. The molecule has 1 atom stereocenters. The second kappa shape index (κ2) is 9.41. The van der Waals surface area contributed by atoms with E-state index < -0.39 is 11.0 Å². The van der Waals surface area contributed by atoms with E-state index in [-0.39, 0.29) is 5.91 Å². The third-order valence-corrected chi connectivity index (χ3v) is 4.95. The van der Waals surface area contributed by atoms with Gasteiger partial charge in [-0.3, -0.25) is 9.78 Å². The number of aryl methyl sites for hydroxylation is 1. The predicted octanol–water partition coefficient (Wildman–Crippen LogP) is 4.15. The van der Waals surface area contributed by atoms with E-state index in [1.54, 1.807) is 6.20 Å². The van der Waals surface area contributed by atoms with Crippen molar-refractivity contribution in [1.82, 2.24) is 10.3 Å². The number of thioether (sulfide) groups is 1. The molecule has 1 amide bonds. The summed E-state index contributed by atoms with van der Waals surface area (Å²) in [5, 5.41) is 7.60. The summed E-state index contributed by atoms with van der Waals surface area (Å²) in [7, 11) is 1.46. The summed E-state index contributed by atoms with van der Waals surface area (Å²) in [6.07, 6.45) is 5.97. The molecule has 1 aromatic carbocycles. The lowest BCUT2D eigenvalue weighted by Crippen LogP contribution is -2.49. The lowest BCUT2D eigenvalue weighted by molar-refractivity contribution is -0.125. The third kappa shape index (κ3) is 5.84. The first kappa shape index (κ1) is 21.5. The molecule has 6 nitrogen and oxygen atoms in total. The average Bonchev–Trinajstić information content (AvgIpc) is 2.62. The summed E-state index contributed by atoms with van der Waals surface area (Å²) in [5.41, 5.74) is 0.664. The summed E-state index contributed by atoms with van der Waals surface area (Å²) in [5.74, 6) is 0.401. The Labute approximate surface area is 172 Å². The number of hydrogen-bond acceptors (Lipinski definition) is 6. The number of benzene rings is 1. The maximum atomic E-state index is 12.7. The van der Waals surface area contributed by atoms with Crippen LogP contribution in [0.15, 0.2) is 34.0 Å². The van der Waals surface area contributed by atoms with E-state index in [9.17, 15) is 4.79 Å². The molecule has 1 N–H and O–H groups in total. The van der Waals surface area contributed by atoms with Gasteiger partial charge in [-0.25, -0.2) is 0 Å². The van der Waals surface area contributed by atoms with Crippen molar-refractivity contribution in [3.63, 3.8) is 0 Å². The highest BCUT2D eigenvalue weighted by molar-refractivity contribution is 9.10. The van der Waals surface area contributed by atoms with Gasteiger partial charge in [0.15, 0.2) is 0 Å². The van der Waals surface area contributed by atoms with Gasteiger partial charge < -0.3 is 14.9 Å². The van der Waals surface area contributed by atoms with Crippen LogP contribution in [0.1, 0.15) is 26.3 Å². The highest BCUT2D eigenvalue weighted by atomic mass is 79.9. The standard InChI is InChI=1S/C19H24BrN3O3S/c1-6-12-8-15(9-13-7-14(20)10-21-16(12)13)26-18(27-5)17(24)23-19(2,3)11-22-25-4/h7-11,18H,6H2,1-5H3,(H,23,24)/b22-11+. The first-order chi connectivity index (χ1) is 12.8. The first-order valence-electron chi connectivity index (χ1n) is 8.47. The number of carbonyl (C=O) groups excluding carboxylic acids is 1. The van der Waals surface area contributed by atoms with Gasteiger partial charge in [0.1, 0.15) is 12.9 Å². The van der Waals surface area contributed by atoms with Crippen LogP contribution >= 0.6 is 27.7 Å². The maximum absolute atomic E-state index is 12.7. The van der Waals surface area contributed by atoms with Crippen molar-refractivity contribution >= 4 is 50.7 Å². The Morgan fingerprint density at radius 3 is 2.81 bits per heavy atom. The molecule has 2 rings (SSSR count). The minimum atomic E-state index is -0.692. The number of oxime groups is 1. The number of nitrogens with zero attached hydrogens (tertiary/aromatic N) is 2. The lowest BCUT2D eigenvalue weighted by Gasteiger charge is -2.24. The number of ether oxygens (including phenoxy) is 1. The smallest absolute Gasteiger partial charge is 0.272 e. The fourth-order valence-electron chi connectivity index (χ4n) is 2.53. The van der Waals surface area contributed by atoms with E-state index in [1.165, 1.54) is 25.1 Å². The Hall–Kier alpha value is -1.80. The number of carbonyl (C=O) groups is 1. The normalized spacial score (nSPS) is 13.0. The summed E-state index contributed by atoms with van der Waals surface area (Å²) >= 11 is 4.78. The Balaban J connectivity index is 2.25. The van der Waals surface area contributed by atoms with E-state index in [0.717, 1.165) is 27.4 Å². The second-order valence-corrected chi connectivity index (χ2v) is 8.29. The van der Waals surface area contributed by atoms with Crippen molar-refractivity contribution in [2.24, 2.45) is 5.16 Å². The Kier molecular flexibility index (Phi) is 7.49. The van der Waals surface area contributed by atoms with Crippen LogP contribution in [-0.2, 0) is 16.1 Å². The van der Waals surface area contributed by atoms with Crippen LogP contribution in [0, 0.1) is 0 Å². The van der Waals surface area contributed by atoms with Crippen molar-refractivity contribution in [3.8, 4) is 5.75 Å². The number of rotatable bonds is 8. The van der Waals surface area contributed by atoms with Crippen LogP contribution in [0.25, 0.3) is 10.9 Å². The van der Waals surface area contributed by atoms with Crippen molar-refractivity contribution in [2.75, 3.05) is 13.4 Å². The lowest BCUT2D eigenvalue weighted by atomic mass is 10.1. The zero-order valence-electron chi connectivity index (χ0n) is 16.1. The van der Waals surface area contributed by atoms with Gasteiger partial charge in [0.25, 0.3) is 5.91 Å². The van der Waals surface area contributed by atoms with E-state index in [1.807, 2.05) is 38.3 Å². The van der Waals surface area contributed by atoms with Crippen LogP contribution in [-0.4, -0.2) is 41.4 Å². The van der Waals surface area contributed by atoms with Crippen molar-refractivity contribution in [1.29, 1.82) is 0 Å². The second-order valence-electron chi connectivity index (χ2n) is 6.47. The largest absolute Gasteiger partial charge is 0.470 e. The molecule has 1 unspecified atom stereocenters.